The van der Waals surface area contributed by atoms with Crippen molar-refractivity contribution in [2.45, 2.75) is 25.3 Å². The predicted octanol–water partition coefficient (Wildman–Crippen LogP) is 1.02. The van der Waals surface area contributed by atoms with E-state index in [1.165, 1.54) is 0 Å². The maximum absolute atomic E-state index is 11.5. The summed E-state index contributed by atoms with van der Waals surface area (Å²) in [6.07, 6.45) is 1.68. The Hall–Kier alpha value is -2.68. The molecular weight excluding hydrogens is 336 g/mol. The monoisotopic (exact) mass is 358 g/mol. The van der Waals surface area contributed by atoms with Gasteiger partial charge in [0.25, 0.3) is 0 Å². The number of nitrogens with one attached hydrogen (secondary N) is 1. The van der Waals surface area contributed by atoms with Crippen molar-refractivity contribution in [3.63, 3.8) is 0 Å². The number of aryl methyl sites for hydroxylation is 1. The predicted molar refractivity (Wildman–Crippen MR) is 94.7 cm³/mol. The third-order valence-corrected chi connectivity index (χ3v) is 5.07. The topological polar surface area (TPSA) is 105 Å². The molecule has 1 fully saturated rings. The number of aromatic carboxylic acids is 1. The molecule has 2 aliphatic rings. The zero-order valence-electron chi connectivity index (χ0n) is 14.9. The quantitative estimate of drug-likeness (QED) is 0.834. The van der Waals surface area contributed by atoms with Crippen LogP contribution >= 0.6 is 0 Å². The molecule has 0 saturated carbocycles. The second-order valence-corrected chi connectivity index (χ2v) is 6.66. The molecule has 0 aromatic carbocycles. The molecule has 138 valence electrons. The Balaban J connectivity index is 1.68. The van der Waals surface area contributed by atoms with Crippen LogP contribution in [0.3, 0.4) is 0 Å². The maximum Gasteiger partial charge on any atom is 0.356 e. The van der Waals surface area contributed by atoms with Crippen molar-refractivity contribution in [3.8, 4) is 0 Å². The minimum absolute atomic E-state index is 0.125. The van der Waals surface area contributed by atoms with Gasteiger partial charge in [-0.3, -0.25) is 4.68 Å². The molecule has 0 unspecified atom stereocenters. The average molecular weight is 358 g/mol. The number of nitrogens with zero attached hydrogens (tertiary/aromatic N) is 5. The molecule has 4 rings (SSSR count). The van der Waals surface area contributed by atoms with Gasteiger partial charge in [0.05, 0.1) is 12.3 Å². The van der Waals surface area contributed by atoms with E-state index in [9.17, 15) is 9.90 Å². The molecule has 2 aliphatic heterocycles. The molecule has 0 aliphatic carbocycles. The summed E-state index contributed by atoms with van der Waals surface area (Å²) < 4.78 is 7.17. The van der Waals surface area contributed by atoms with E-state index >= 15 is 0 Å². The molecule has 0 radical (unpaired) electrons. The van der Waals surface area contributed by atoms with E-state index in [0.717, 1.165) is 48.8 Å². The first-order valence-electron chi connectivity index (χ1n) is 8.74. The van der Waals surface area contributed by atoms with Gasteiger partial charge < -0.3 is 20.1 Å². The van der Waals surface area contributed by atoms with Crippen molar-refractivity contribution < 1.29 is 14.6 Å². The summed E-state index contributed by atoms with van der Waals surface area (Å²) in [4.78, 5) is 22.8. The molecule has 2 N–H and O–H groups in total. The van der Waals surface area contributed by atoms with E-state index in [4.69, 9.17) is 4.74 Å². The molecule has 2 aromatic rings. The first kappa shape index (κ1) is 16.8. The number of carboxylic acid groups (broad SMARTS) is 1. The highest BCUT2D eigenvalue weighted by molar-refractivity contribution is 5.87. The Labute approximate surface area is 151 Å². The van der Waals surface area contributed by atoms with Gasteiger partial charge in [0, 0.05) is 63.5 Å². The zero-order valence-corrected chi connectivity index (χ0v) is 14.9. The number of hydrogen-bond donors (Lipinski definition) is 2. The second kappa shape index (κ2) is 6.56. The smallest absolute Gasteiger partial charge is 0.356 e. The first-order valence-corrected chi connectivity index (χ1v) is 8.74. The molecule has 26 heavy (non-hydrogen) atoms. The van der Waals surface area contributed by atoms with Crippen LogP contribution in [0, 0.1) is 0 Å². The molecule has 9 nitrogen and oxygen atoms in total. The van der Waals surface area contributed by atoms with E-state index in [1.54, 1.807) is 18.8 Å². The number of aromatic nitrogens is 4. The van der Waals surface area contributed by atoms with Crippen LogP contribution in [0.4, 0.5) is 11.8 Å². The maximum atomic E-state index is 11.5. The van der Waals surface area contributed by atoms with Gasteiger partial charge in [0.1, 0.15) is 5.82 Å². The largest absolute Gasteiger partial charge is 0.476 e. The Kier molecular flexibility index (Phi) is 4.23. The highest BCUT2D eigenvalue weighted by Gasteiger charge is 2.29. The van der Waals surface area contributed by atoms with Crippen molar-refractivity contribution in [2.75, 3.05) is 37.0 Å². The van der Waals surface area contributed by atoms with Gasteiger partial charge in [0.15, 0.2) is 5.69 Å². The third kappa shape index (κ3) is 2.88. The van der Waals surface area contributed by atoms with Crippen LogP contribution in [0.1, 0.15) is 39.8 Å². The summed E-state index contributed by atoms with van der Waals surface area (Å²) in [7, 11) is 3.59. The molecule has 0 spiro atoms. The Bertz CT molecular complexity index is 843. The summed E-state index contributed by atoms with van der Waals surface area (Å²) >= 11 is 0. The van der Waals surface area contributed by atoms with E-state index in [2.05, 4.69) is 25.3 Å². The number of anilines is 2. The van der Waals surface area contributed by atoms with Crippen LogP contribution in [0.2, 0.25) is 0 Å². The van der Waals surface area contributed by atoms with Crippen molar-refractivity contribution in [2.24, 2.45) is 7.05 Å². The van der Waals surface area contributed by atoms with E-state index in [0.29, 0.717) is 19.1 Å². The van der Waals surface area contributed by atoms with Gasteiger partial charge in [0.2, 0.25) is 5.95 Å². The van der Waals surface area contributed by atoms with E-state index in [-0.39, 0.29) is 11.6 Å². The molecule has 0 amide bonds. The molecule has 2 aromatic heterocycles. The van der Waals surface area contributed by atoms with Crippen LogP contribution in [0.5, 0.6) is 0 Å². The van der Waals surface area contributed by atoms with Gasteiger partial charge in [-0.1, -0.05) is 0 Å². The highest BCUT2D eigenvalue weighted by atomic mass is 16.5. The highest BCUT2D eigenvalue weighted by Crippen LogP contribution is 2.30. The lowest BCUT2D eigenvalue weighted by Crippen LogP contribution is -2.32. The number of ether oxygens (including phenoxy) is 1. The lowest BCUT2D eigenvalue weighted by Gasteiger charge is -2.29. The molecule has 4 heterocycles. The van der Waals surface area contributed by atoms with Crippen LogP contribution in [0.25, 0.3) is 0 Å². The molecular formula is C17H22N6O3. The SMILES string of the molecule is CNc1nc([C@@H]2CCOC2)cc(N2CCc3c(c(C(=O)O)nn3C)C2)n1. The lowest BCUT2D eigenvalue weighted by molar-refractivity contribution is 0.0688. The van der Waals surface area contributed by atoms with E-state index < -0.39 is 5.97 Å². The Morgan fingerprint density at radius 3 is 2.96 bits per heavy atom. The van der Waals surface area contributed by atoms with Crippen molar-refractivity contribution >= 4 is 17.7 Å². The minimum Gasteiger partial charge on any atom is -0.476 e. The summed E-state index contributed by atoms with van der Waals surface area (Å²) in [6, 6.07) is 2.00. The number of carboxylic acids is 1. The minimum atomic E-state index is -0.994. The van der Waals surface area contributed by atoms with Gasteiger partial charge in [-0.25, -0.2) is 9.78 Å². The standard InChI is InChI=1S/C17H22N6O3/c1-18-17-19-12(10-4-6-26-9-10)7-14(20-17)23-5-3-13-11(8-23)15(16(24)25)21-22(13)2/h7,10H,3-6,8-9H2,1-2H3,(H,24,25)(H,18,19,20)/t10-/m1/s1. The number of rotatable bonds is 4. The fourth-order valence-electron chi connectivity index (χ4n) is 3.66. The Morgan fingerprint density at radius 2 is 2.27 bits per heavy atom. The fraction of sp³-hybridized carbons (Fsp3) is 0.529. The van der Waals surface area contributed by atoms with Crippen LogP contribution < -0.4 is 10.2 Å². The third-order valence-electron chi connectivity index (χ3n) is 5.07. The fourth-order valence-corrected chi connectivity index (χ4v) is 3.66. The molecule has 1 saturated heterocycles. The van der Waals surface area contributed by atoms with E-state index in [1.807, 2.05) is 6.07 Å². The zero-order chi connectivity index (χ0) is 18.3. The second-order valence-electron chi connectivity index (χ2n) is 6.66. The van der Waals surface area contributed by atoms with Crippen molar-refractivity contribution in [3.05, 3.63) is 28.7 Å². The lowest BCUT2D eigenvalue weighted by atomic mass is 10.0. The summed E-state index contributed by atoms with van der Waals surface area (Å²) in [5, 5.41) is 16.6. The van der Waals surface area contributed by atoms with Gasteiger partial charge in [-0.2, -0.15) is 10.1 Å². The number of fused-ring (bicyclic) bond motifs is 1. The normalized spacial score (nSPS) is 19.5. The summed E-state index contributed by atoms with van der Waals surface area (Å²) in [5.41, 5.74) is 2.83. The van der Waals surface area contributed by atoms with Gasteiger partial charge in [-0.05, 0) is 6.42 Å². The van der Waals surface area contributed by atoms with Gasteiger partial charge >= 0.3 is 5.97 Å². The molecule has 0 bridgehead atoms. The number of carbonyl (C=O) groups is 1. The van der Waals surface area contributed by atoms with Gasteiger partial charge in [-0.15, -0.1) is 0 Å². The van der Waals surface area contributed by atoms with Crippen LogP contribution in [0.15, 0.2) is 6.07 Å². The van der Waals surface area contributed by atoms with Crippen molar-refractivity contribution in [1.29, 1.82) is 0 Å². The Morgan fingerprint density at radius 1 is 1.42 bits per heavy atom. The van der Waals surface area contributed by atoms with Crippen LogP contribution in [-0.4, -0.2) is 57.6 Å². The summed E-state index contributed by atoms with van der Waals surface area (Å²) in [5.74, 6) is 0.653. The first-order chi connectivity index (χ1) is 12.6. The number of hydrogen-bond acceptors (Lipinski definition) is 7. The average Bonchev–Trinajstić information content (AvgIpc) is 3.29. The van der Waals surface area contributed by atoms with Crippen LogP contribution in [-0.2, 0) is 24.8 Å². The molecule has 1 atom stereocenters. The van der Waals surface area contributed by atoms with Crippen molar-refractivity contribution in [1.82, 2.24) is 19.7 Å². The molecule has 9 heteroatoms. The summed E-state index contributed by atoms with van der Waals surface area (Å²) in [6.45, 7) is 2.66.